The molecule has 1 aromatic carbocycles. The summed E-state index contributed by atoms with van der Waals surface area (Å²) < 4.78 is 0. The number of hydrogen-bond donors (Lipinski definition) is 2. The maximum atomic E-state index is 11.7. The van der Waals surface area contributed by atoms with Crippen molar-refractivity contribution in [1.29, 1.82) is 0 Å². The van der Waals surface area contributed by atoms with Crippen molar-refractivity contribution < 1.29 is 4.79 Å². The van der Waals surface area contributed by atoms with E-state index in [9.17, 15) is 4.79 Å². The largest absolute Gasteiger partial charge is 0.325 e. The van der Waals surface area contributed by atoms with Gasteiger partial charge >= 0.3 is 0 Å². The summed E-state index contributed by atoms with van der Waals surface area (Å²) in [7, 11) is 2.14. The minimum atomic E-state index is 0.0209. The number of para-hydroxylation sites is 1. The monoisotopic (exact) mass is 247 g/mol. The van der Waals surface area contributed by atoms with Crippen LogP contribution in [0.4, 0.5) is 5.69 Å². The van der Waals surface area contributed by atoms with Crippen molar-refractivity contribution in [2.24, 2.45) is 5.92 Å². The number of carbonyl (C=O) groups excluding carboxylic acids is 1. The van der Waals surface area contributed by atoms with Crippen LogP contribution in [-0.4, -0.2) is 44.0 Å². The van der Waals surface area contributed by atoms with Crippen molar-refractivity contribution in [2.75, 3.05) is 38.5 Å². The Labute approximate surface area is 108 Å². The second kappa shape index (κ2) is 6.52. The predicted molar refractivity (Wildman–Crippen MR) is 73.5 cm³/mol. The molecule has 1 aliphatic rings. The summed E-state index contributed by atoms with van der Waals surface area (Å²) in [4.78, 5) is 14.0. The number of hydrogen-bond acceptors (Lipinski definition) is 3. The molecule has 1 aromatic rings. The standard InChI is InChI=1S/C14H21N3O/c1-17-8-7-12(11-17)9-15-10-14(18)16-13-5-3-2-4-6-13/h2-6,12,15H,7-11H2,1H3,(H,16,18). The molecule has 1 aliphatic heterocycles. The molecule has 1 amide bonds. The van der Waals surface area contributed by atoms with Gasteiger partial charge in [-0.05, 0) is 44.6 Å². The van der Waals surface area contributed by atoms with Gasteiger partial charge in [0.1, 0.15) is 0 Å². The molecule has 1 fully saturated rings. The van der Waals surface area contributed by atoms with E-state index in [0.29, 0.717) is 12.5 Å². The van der Waals surface area contributed by atoms with Crippen molar-refractivity contribution >= 4 is 11.6 Å². The van der Waals surface area contributed by atoms with Gasteiger partial charge in [-0.25, -0.2) is 0 Å². The highest BCUT2D eigenvalue weighted by Gasteiger charge is 2.18. The second-order valence-corrected chi connectivity index (χ2v) is 4.96. The molecule has 1 heterocycles. The Balaban J connectivity index is 1.63. The molecule has 0 aromatic heterocycles. The molecule has 2 N–H and O–H groups in total. The van der Waals surface area contributed by atoms with Gasteiger partial charge in [-0.1, -0.05) is 18.2 Å². The van der Waals surface area contributed by atoms with Crippen LogP contribution >= 0.6 is 0 Å². The van der Waals surface area contributed by atoms with Crippen LogP contribution in [0.15, 0.2) is 30.3 Å². The Morgan fingerprint density at radius 1 is 1.39 bits per heavy atom. The van der Waals surface area contributed by atoms with Crippen LogP contribution in [0.25, 0.3) is 0 Å². The van der Waals surface area contributed by atoms with E-state index >= 15 is 0 Å². The SMILES string of the molecule is CN1CCC(CNCC(=O)Nc2ccccc2)C1. The van der Waals surface area contributed by atoms with Crippen molar-refractivity contribution in [3.05, 3.63) is 30.3 Å². The van der Waals surface area contributed by atoms with Gasteiger partial charge in [-0.15, -0.1) is 0 Å². The van der Waals surface area contributed by atoms with Crippen molar-refractivity contribution in [3.63, 3.8) is 0 Å². The van der Waals surface area contributed by atoms with Crippen LogP contribution in [0.2, 0.25) is 0 Å². The van der Waals surface area contributed by atoms with E-state index < -0.39 is 0 Å². The topological polar surface area (TPSA) is 44.4 Å². The van der Waals surface area contributed by atoms with Crippen molar-refractivity contribution in [2.45, 2.75) is 6.42 Å². The van der Waals surface area contributed by atoms with Crippen LogP contribution < -0.4 is 10.6 Å². The summed E-state index contributed by atoms with van der Waals surface area (Å²) in [5.74, 6) is 0.701. The predicted octanol–water partition coefficient (Wildman–Crippen LogP) is 1.17. The van der Waals surface area contributed by atoms with Crippen molar-refractivity contribution in [1.82, 2.24) is 10.2 Å². The fraction of sp³-hybridized carbons (Fsp3) is 0.500. The Kier molecular flexibility index (Phi) is 4.73. The first-order chi connectivity index (χ1) is 8.74. The first-order valence-corrected chi connectivity index (χ1v) is 6.48. The lowest BCUT2D eigenvalue weighted by Gasteiger charge is -2.11. The third-order valence-electron chi connectivity index (χ3n) is 3.27. The molecule has 4 nitrogen and oxygen atoms in total. The van der Waals surface area contributed by atoms with E-state index in [0.717, 1.165) is 18.8 Å². The molecule has 1 atom stereocenters. The molecule has 0 aliphatic carbocycles. The molecular formula is C14H21N3O. The van der Waals surface area contributed by atoms with Gasteiger partial charge in [-0.3, -0.25) is 4.79 Å². The van der Waals surface area contributed by atoms with E-state index in [2.05, 4.69) is 22.6 Å². The highest BCUT2D eigenvalue weighted by Crippen LogP contribution is 2.12. The van der Waals surface area contributed by atoms with Gasteiger partial charge in [0.15, 0.2) is 0 Å². The van der Waals surface area contributed by atoms with E-state index in [-0.39, 0.29) is 5.91 Å². The number of rotatable bonds is 5. The molecule has 98 valence electrons. The molecule has 18 heavy (non-hydrogen) atoms. The quantitative estimate of drug-likeness (QED) is 0.821. The molecule has 0 saturated carbocycles. The summed E-state index contributed by atoms with van der Waals surface area (Å²) >= 11 is 0. The lowest BCUT2D eigenvalue weighted by molar-refractivity contribution is -0.115. The first-order valence-electron chi connectivity index (χ1n) is 6.48. The third-order valence-corrected chi connectivity index (χ3v) is 3.27. The molecule has 0 bridgehead atoms. The Bertz CT molecular complexity index is 380. The minimum Gasteiger partial charge on any atom is -0.325 e. The van der Waals surface area contributed by atoms with Gasteiger partial charge in [0.05, 0.1) is 6.54 Å². The van der Waals surface area contributed by atoms with Crippen molar-refractivity contribution in [3.8, 4) is 0 Å². The third kappa shape index (κ3) is 4.13. The number of anilines is 1. The molecule has 1 unspecified atom stereocenters. The molecular weight excluding hydrogens is 226 g/mol. The maximum absolute atomic E-state index is 11.7. The Morgan fingerprint density at radius 3 is 2.83 bits per heavy atom. The number of nitrogens with one attached hydrogen (secondary N) is 2. The van der Waals surface area contributed by atoms with Crippen LogP contribution in [-0.2, 0) is 4.79 Å². The fourth-order valence-electron chi connectivity index (χ4n) is 2.31. The molecule has 0 spiro atoms. The lowest BCUT2D eigenvalue weighted by Crippen LogP contribution is -2.32. The highest BCUT2D eigenvalue weighted by molar-refractivity contribution is 5.92. The van der Waals surface area contributed by atoms with E-state index in [4.69, 9.17) is 0 Å². The molecule has 4 heteroatoms. The zero-order valence-corrected chi connectivity index (χ0v) is 10.9. The van der Waals surface area contributed by atoms with Crippen LogP contribution in [0.5, 0.6) is 0 Å². The highest BCUT2D eigenvalue weighted by atomic mass is 16.1. The summed E-state index contributed by atoms with van der Waals surface area (Å²) in [5.41, 5.74) is 0.852. The van der Waals surface area contributed by atoms with Gasteiger partial charge in [-0.2, -0.15) is 0 Å². The summed E-state index contributed by atoms with van der Waals surface area (Å²) in [6.45, 7) is 3.61. The zero-order valence-electron chi connectivity index (χ0n) is 10.9. The van der Waals surface area contributed by atoms with E-state index in [1.165, 1.54) is 13.0 Å². The molecule has 1 saturated heterocycles. The van der Waals surface area contributed by atoms with Gasteiger partial charge in [0.25, 0.3) is 0 Å². The summed E-state index contributed by atoms with van der Waals surface area (Å²) in [6.07, 6.45) is 1.23. The smallest absolute Gasteiger partial charge is 0.238 e. The lowest BCUT2D eigenvalue weighted by atomic mass is 10.1. The van der Waals surface area contributed by atoms with Gasteiger partial charge in [0, 0.05) is 12.2 Å². The number of likely N-dealkylation sites (tertiary alicyclic amines) is 1. The van der Waals surface area contributed by atoms with E-state index in [1.54, 1.807) is 0 Å². The van der Waals surface area contributed by atoms with Crippen LogP contribution in [0, 0.1) is 5.92 Å². The average molecular weight is 247 g/mol. The average Bonchev–Trinajstić information content (AvgIpc) is 2.76. The normalized spacial score (nSPS) is 19.9. The second-order valence-electron chi connectivity index (χ2n) is 4.96. The number of carbonyl (C=O) groups is 1. The number of amides is 1. The summed E-state index contributed by atoms with van der Waals surface area (Å²) in [6, 6.07) is 9.55. The van der Waals surface area contributed by atoms with Gasteiger partial charge in [0.2, 0.25) is 5.91 Å². The molecule has 0 radical (unpaired) electrons. The summed E-state index contributed by atoms with van der Waals surface area (Å²) in [5, 5.41) is 6.09. The minimum absolute atomic E-state index is 0.0209. The maximum Gasteiger partial charge on any atom is 0.238 e. The van der Waals surface area contributed by atoms with Crippen LogP contribution in [0.1, 0.15) is 6.42 Å². The number of nitrogens with zero attached hydrogens (tertiary/aromatic N) is 1. The van der Waals surface area contributed by atoms with Gasteiger partial charge < -0.3 is 15.5 Å². The molecule has 2 rings (SSSR count). The van der Waals surface area contributed by atoms with E-state index in [1.807, 2.05) is 30.3 Å². The van der Waals surface area contributed by atoms with Crippen LogP contribution in [0.3, 0.4) is 0 Å². The number of benzene rings is 1. The Hall–Kier alpha value is -1.39. The zero-order chi connectivity index (χ0) is 12.8. The Morgan fingerprint density at radius 2 is 2.17 bits per heavy atom. The fourth-order valence-corrected chi connectivity index (χ4v) is 2.31. The first kappa shape index (κ1) is 13.1.